The monoisotopic (exact) mass is 280 g/mol. The van der Waals surface area contributed by atoms with Crippen molar-refractivity contribution in [3.63, 3.8) is 0 Å². The van der Waals surface area contributed by atoms with E-state index < -0.39 is 10.8 Å². The van der Waals surface area contributed by atoms with E-state index in [0.717, 1.165) is 16.2 Å². The Balaban J connectivity index is 1.98. The van der Waals surface area contributed by atoms with Crippen LogP contribution < -0.4 is 0 Å². The maximum atomic E-state index is 12.5. The van der Waals surface area contributed by atoms with E-state index in [1.165, 1.54) is 6.33 Å². The Hall–Kier alpha value is -2.33. The van der Waals surface area contributed by atoms with Crippen molar-refractivity contribution in [3.8, 4) is 11.3 Å². The Kier molecular flexibility index (Phi) is 3.65. The topological polar surface area (TPSA) is 42.9 Å². The first-order valence-electron chi connectivity index (χ1n) is 6.19. The normalized spacial score (nSPS) is 12.0. The summed E-state index contributed by atoms with van der Waals surface area (Å²) in [7, 11) is -1.28. The van der Waals surface area contributed by atoms with Gasteiger partial charge in [-0.2, -0.15) is 0 Å². The number of rotatable bonds is 3. The molecule has 98 valence electrons. The lowest BCUT2D eigenvalue weighted by molar-refractivity contribution is 0.680. The number of hydrogen-bond acceptors (Lipinski definition) is 3. The van der Waals surface area contributed by atoms with Crippen LogP contribution in [0, 0.1) is 0 Å². The van der Waals surface area contributed by atoms with Gasteiger partial charge >= 0.3 is 0 Å². The minimum absolute atomic E-state index is 0.519. The van der Waals surface area contributed by atoms with E-state index >= 15 is 0 Å². The smallest absolute Gasteiger partial charge is 0.136 e. The van der Waals surface area contributed by atoms with Gasteiger partial charge in [0.25, 0.3) is 0 Å². The molecule has 0 radical (unpaired) electrons. The van der Waals surface area contributed by atoms with Gasteiger partial charge in [0, 0.05) is 10.5 Å². The summed E-state index contributed by atoms with van der Waals surface area (Å²) in [4.78, 5) is 9.11. The standard InChI is InChI=1S/C16H12N2OS/c19-20(14-9-5-2-6-10-14)16-11-15(17-12-18-16)13-7-3-1-4-8-13/h1-12H. The molecular weight excluding hydrogens is 268 g/mol. The number of hydrogen-bond donors (Lipinski definition) is 0. The summed E-state index contributed by atoms with van der Waals surface area (Å²) < 4.78 is 12.5. The van der Waals surface area contributed by atoms with Crippen LogP contribution in [0.1, 0.15) is 0 Å². The molecule has 4 heteroatoms. The van der Waals surface area contributed by atoms with Crippen molar-refractivity contribution >= 4 is 10.8 Å². The first-order valence-corrected chi connectivity index (χ1v) is 7.34. The van der Waals surface area contributed by atoms with Crippen molar-refractivity contribution in [2.45, 2.75) is 9.92 Å². The van der Waals surface area contributed by atoms with Gasteiger partial charge in [-0.25, -0.2) is 14.2 Å². The van der Waals surface area contributed by atoms with Crippen molar-refractivity contribution in [2.24, 2.45) is 0 Å². The largest absolute Gasteiger partial charge is 0.247 e. The summed E-state index contributed by atoms with van der Waals surface area (Å²) in [5.41, 5.74) is 1.76. The Labute approximate surface area is 119 Å². The molecule has 1 unspecified atom stereocenters. The lowest BCUT2D eigenvalue weighted by atomic mass is 10.1. The third-order valence-electron chi connectivity index (χ3n) is 2.86. The van der Waals surface area contributed by atoms with Gasteiger partial charge in [-0.3, -0.25) is 0 Å². The Bertz CT molecular complexity index is 730. The molecule has 0 spiro atoms. The highest BCUT2D eigenvalue weighted by molar-refractivity contribution is 7.85. The molecule has 20 heavy (non-hydrogen) atoms. The molecule has 0 N–H and O–H groups in total. The molecule has 0 bridgehead atoms. The van der Waals surface area contributed by atoms with E-state index in [1.54, 1.807) is 6.07 Å². The highest BCUT2D eigenvalue weighted by atomic mass is 32.2. The van der Waals surface area contributed by atoms with Gasteiger partial charge in [0.2, 0.25) is 0 Å². The second kappa shape index (κ2) is 5.75. The van der Waals surface area contributed by atoms with Gasteiger partial charge in [0.1, 0.15) is 22.2 Å². The van der Waals surface area contributed by atoms with E-state index in [1.807, 2.05) is 60.7 Å². The van der Waals surface area contributed by atoms with Crippen LogP contribution >= 0.6 is 0 Å². The van der Waals surface area contributed by atoms with Gasteiger partial charge in [0.15, 0.2) is 0 Å². The summed E-state index contributed by atoms with van der Waals surface area (Å²) in [6.07, 6.45) is 1.46. The molecular formula is C16H12N2OS. The number of aromatic nitrogens is 2. The summed E-state index contributed by atoms with van der Waals surface area (Å²) in [5.74, 6) is 0. The number of benzene rings is 2. The highest BCUT2D eigenvalue weighted by Gasteiger charge is 2.10. The predicted molar refractivity (Wildman–Crippen MR) is 78.6 cm³/mol. The molecule has 0 saturated carbocycles. The van der Waals surface area contributed by atoms with Crippen LogP contribution in [0.25, 0.3) is 11.3 Å². The molecule has 0 fully saturated rings. The second-order valence-electron chi connectivity index (χ2n) is 4.19. The zero-order valence-electron chi connectivity index (χ0n) is 10.6. The molecule has 1 atom stereocenters. The zero-order valence-corrected chi connectivity index (χ0v) is 11.5. The maximum Gasteiger partial charge on any atom is 0.136 e. The molecule has 3 nitrogen and oxygen atoms in total. The van der Waals surface area contributed by atoms with Crippen LogP contribution in [0.2, 0.25) is 0 Å². The summed E-state index contributed by atoms with van der Waals surface area (Å²) in [5, 5.41) is 0.519. The average Bonchev–Trinajstić information content (AvgIpc) is 2.56. The van der Waals surface area contributed by atoms with Crippen LogP contribution in [0.15, 0.2) is 83.0 Å². The first kappa shape index (κ1) is 12.7. The minimum atomic E-state index is -1.28. The maximum absolute atomic E-state index is 12.5. The van der Waals surface area contributed by atoms with Crippen LogP contribution in [-0.4, -0.2) is 14.2 Å². The van der Waals surface area contributed by atoms with Crippen LogP contribution in [0.3, 0.4) is 0 Å². The molecule has 0 aliphatic carbocycles. The summed E-state index contributed by atoms with van der Waals surface area (Å²) in [6.45, 7) is 0. The van der Waals surface area contributed by atoms with Gasteiger partial charge < -0.3 is 0 Å². The summed E-state index contributed by atoms with van der Waals surface area (Å²) >= 11 is 0. The van der Waals surface area contributed by atoms with E-state index in [0.29, 0.717) is 5.03 Å². The van der Waals surface area contributed by atoms with Gasteiger partial charge in [-0.1, -0.05) is 48.5 Å². The van der Waals surface area contributed by atoms with Crippen LogP contribution in [0.4, 0.5) is 0 Å². The molecule has 0 amide bonds. The molecule has 3 aromatic rings. The fourth-order valence-electron chi connectivity index (χ4n) is 1.87. The predicted octanol–water partition coefficient (Wildman–Crippen LogP) is 3.31. The molecule has 2 aromatic carbocycles. The number of nitrogens with zero attached hydrogens (tertiary/aromatic N) is 2. The molecule has 1 heterocycles. The minimum Gasteiger partial charge on any atom is -0.247 e. The van der Waals surface area contributed by atoms with E-state index in [2.05, 4.69) is 9.97 Å². The third kappa shape index (κ3) is 2.65. The Morgan fingerprint density at radius 2 is 1.45 bits per heavy atom. The zero-order chi connectivity index (χ0) is 13.8. The lowest BCUT2D eigenvalue weighted by Crippen LogP contribution is -1.97. The molecule has 0 saturated heterocycles. The van der Waals surface area contributed by atoms with Crippen molar-refractivity contribution in [3.05, 3.63) is 73.1 Å². The molecule has 1 aromatic heterocycles. The van der Waals surface area contributed by atoms with E-state index in [4.69, 9.17) is 0 Å². The van der Waals surface area contributed by atoms with Gasteiger partial charge in [-0.05, 0) is 18.2 Å². The van der Waals surface area contributed by atoms with E-state index in [9.17, 15) is 4.21 Å². The quantitative estimate of drug-likeness (QED) is 0.691. The van der Waals surface area contributed by atoms with Gasteiger partial charge in [0.05, 0.1) is 5.69 Å². The Morgan fingerprint density at radius 1 is 0.800 bits per heavy atom. The van der Waals surface area contributed by atoms with E-state index in [-0.39, 0.29) is 0 Å². The van der Waals surface area contributed by atoms with Crippen molar-refractivity contribution in [1.29, 1.82) is 0 Å². The fourth-order valence-corrected chi connectivity index (χ4v) is 2.88. The van der Waals surface area contributed by atoms with Crippen LogP contribution in [0.5, 0.6) is 0 Å². The first-order chi connectivity index (χ1) is 9.84. The second-order valence-corrected chi connectivity index (χ2v) is 5.62. The molecule has 0 aliphatic rings. The van der Waals surface area contributed by atoms with Gasteiger partial charge in [-0.15, -0.1) is 0 Å². The molecule has 0 aliphatic heterocycles. The molecule has 3 rings (SSSR count). The SMILES string of the molecule is O=S(c1ccccc1)c1cc(-c2ccccc2)ncn1. The van der Waals surface area contributed by atoms with Crippen molar-refractivity contribution in [2.75, 3.05) is 0 Å². The van der Waals surface area contributed by atoms with Crippen molar-refractivity contribution < 1.29 is 4.21 Å². The van der Waals surface area contributed by atoms with Crippen LogP contribution in [-0.2, 0) is 10.8 Å². The fraction of sp³-hybridized carbons (Fsp3) is 0. The average molecular weight is 280 g/mol. The van der Waals surface area contributed by atoms with Crippen molar-refractivity contribution in [1.82, 2.24) is 9.97 Å². The third-order valence-corrected chi connectivity index (χ3v) is 4.16. The Morgan fingerprint density at radius 3 is 2.15 bits per heavy atom. The summed E-state index contributed by atoms with van der Waals surface area (Å²) in [6, 6.07) is 20.9. The lowest BCUT2D eigenvalue weighted by Gasteiger charge is -2.04. The highest BCUT2D eigenvalue weighted by Crippen LogP contribution is 2.20.